The molecule has 0 heterocycles. The van der Waals surface area contributed by atoms with Crippen molar-refractivity contribution in [1.82, 2.24) is 0 Å². The molecular formula is C56H48N2O. The van der Waals surface area contributed by atoms with Gasteiger partial charge >= 0.3 is 0 Å². The summed E-state index contributed by atoms with van der Waals surface area (Å²) in [4.78, 5) is 4.67. The van der Waals surface area contributed by atoms with Crippen LogP contribution in [0.25, 0.3) is 35.4 Å². The van der Waals surface area contributed by atoms with E-state index in [1.165, 1.54) is 22.3 Å². The zero-order valence-electron chi connectivity index (χ0n) is 34.1. The molecule has 0 aliphatic heterocycles. The zero-order valence-corrected chi connectivity index (χ0v) is 34.1. The van der Waals surface area contributed by atoms with Gasteiger partial charge in [-0.15, -0.1) is 0 Å². The molecule has 0 bridgehead atoms. The van der Waals surface area contributed by atoms with Crippen LogP contribution in [0.1, 0.15) is 38.9 Å². The van der Waals surface area contributed by atoms with Gasteiger partial charge in [0.2, 0.25) is 0 Å². The highest BCUT2D eigenvalue weighted by molar-refractivity contribution is 5.83. The molecule has 8 rings (SSSR count). The predicted octanol–water partition coefficient (Wildman–Crippen LogP) is 15.6. The largest absolute Gasteiger partial charge is 0.497 e. The molecule has 0 radical (unpaired) electrons. The molecule has 0 saturated heterocycles. The summed E-state index contributed by atoms with van der Waals surface area (Å²) in [7, 11) is 1.71. The number of hydrogen-bond acceptors (Lipinski definition) is 3. The van der Waals surface area contributed by atoms with E-state index in [0.29, 0.717) is 0 Å². The van der Waals surface area contributed by atoms with E-state index in [1.54, 1.807) is 7.11 Å². The Bertz CT molecular complexity index is 2680. The second-order valence-electron chi connectivity index (χ2n) is 14.9. The summed E-state index contributed by atoms with van der Waals surface area (Å²) in [6.07, 6.45) is 8.63. The Hall–Kier alpha value is -7.36. The predicted molar refractivity (Wildman–Crippen MR) is 253 cm³/mol. The van der Waals surface area contributed by atoms with Gasteiger partial charge in [0, 0.05) is 34.1 Å². The van der Waals surface area contributed by atoms with E-state index >= 15 is 0 Å². The van der Waals surface area contributed by atoms with E-state index in [-0.39, 0.29) is 0 Å². The van der Waals surface area contributed by atoms with Crippen molar-refractivity contribution in [2.75, 3.05) is 16.9 Å². The third kappa shape index (κ3) is 9.12. The lowest BCUT2D eigenvalue weighted by Crippen LogP contribution is -2.11. The Labute approximate surface area is 349 Å². The fraction of sp³-hybridized carbons (Fsp3) is 0.0714. The summed E-state index contributed by atoms with van der Waals surface area (Å²) in [6.45, 7) is 6.47. The molecule has 0 aromatic heterocycles. The highest BCUT2D eigenvalue weighted by Crippen LogP contribution is 2.40. The first-order chi connectivity index (χ1) is 28.9. The number of benzene rings is 8. The summed E-state index contributed by atoms with van der Waals surface area (Å²) >= 11 is 0. The van der Waals surface area contributed by atoms with Gasteiger partial charge < -0.3 is 14.5 Å². The average molecular weight is 765 g/mol. The number of nitrogens with zero attached hydrogens (tertiary/aromatic N) is 2. The topological polar surface area (TPSA) is 15.7 Å². The minimum Gasteiger partial charge on any atom is -0.497 e. The molecule has 8 aromatic rings. The average Bonchev–Trinajstić information content (AvgIpc) is 3.28. The van der Waals surface area contributed by atoms with Crippen LogP contribution in [-0.2, 0) is 0 Å². The van der Waals surface area contributed by atoms with Crippen LogP contribution in [-0.4, -0.2) is 7.11 Å². The van der Waals surface area contributed by atoms with Crippen molar-refractivity contribution in [1.29, 1.82) is 0 Å². The Kier molecular flexibility index (Phi) is 11.6. The van der Waals surface area contributed by atoms with Crippen LogP contribution in [0.3, 0.4) is 0 Å². The molecule has 0 unspecified atom stereocenters. The molecule has 3 nitrogen and oxygen atoms in total. The van der Waals surface area contributed by atoms with Gasteiger partial charge in [0.1, 0.15) is 5.75 Å². The Morgan fingerprint density at radius 2 is 0.712 bits per heavy atom. The van der Waals surface area contributed by atoms with E-state index in [0.717, 1.165) is 67.7 Å². The maximum Gasteiger partial charge on any atom is 0.119 e. The highest BCUT2D eigenvalue weighted by atomic mass is 16.5. The lowest BCUT2D eigenvalue weighted by Gasteiger charge is -2.28. The van der Waals surface area contributed by atoms with E-state index in [2.05, 4.69) is 231 Å². The van der Waals surface area contributed by atoms with E-state index in [1.807, 2.05) is 18.2 Å². The van der Waals surface area contributed by atoms with Crippen LogP contribution in [0.5, 0.6) is 5.75 Å². The van der Waals surface area contributed by atoms with Gasteiger partial charge in [-0.3, -0.25) is 0 Å². The first-order valence-corrected chi connectivity index (χ1v) is 20.1. The van der Waals surface area contributed by atoms with Crippen molar-refractivity contribution >= 4 is 58.4 Å². The van der Waals surface area contributed by atoms with Gasteiger partial charge in [0.05, 0.1) is 7.11 Å². The Balaban J connectivity index is 1.08. The van der Waals surface area contributed by atoms with Crippen LogP contribution >= 0.6 is 0 Å². The molecule has 59 heavy (non-hydrogen) atoms. The Morgan fingerprint density at radius 3 is 1.08 bits per heavy atom. The molecule has 0 fully saturated rings. The number of hydrogen-bond donors (Lipinski definition) is 0. The number of methoxy groups -OCH3 is 1. The van der Waals surface area contributed by atoms with Gasteiger partial charge in [0.15, 0.2) is 0 Å². The lowest BCUT2D eigenvalue weighted by molar-refractivity contribution is 0.414. The molecule has 0 aliphatic carbocycles. The van der Waals surface area contributed by atoms with Gasteiger partial charge in [-0.1, -0.05) is 151 Å². The highest BCUT2D eigenvalue weighted by Gasteiger charge is 2.17. The fourth-order valence-electron chi connectivity index (χ4n) is 7.50. The van der Waals surface area contributed by atoms with Gasteiger partial charge in [0.25, 0.3) is 0 Å². The molecule has 288 valence electrons. The first kappa shape index (κ1) is 38.5. The summed E-state index contributed by atoms with van der Waals surface area (Å²) in [5, 5.41) is 0. The maximum atomic E-state index is 5.56. The van der Waals surface area contributed by atoms with Crippen LogP contribution in [0.2, 0.25) is 0 Å². The SMILES string of the molecule is COc1ccc(N(c2ccc(/C=C/c3ccccc3)cc2)c2ccc(-c3ccc(N(c4ccc(/C=C/c5ccccc5)cc4)c4ccc(C)cc4C)cc3)cc2)c(C)c1. The second-order valence-corrected chi connectivity index (χ2v) is 14.9. The summed E-state index contributed by atoms with van der Waals surface area (Å²) in [5.41, 5.74) is 17.2. The third-order valence-corrected chi connectivity index (χ3v) is 10.7. The molecule has 0 spiro atoms. The van der Waals surface area contributed by atoms with Crippen molar-refractivity contribution in [3.63, 3.8) is 0 Å². The molecule has 8 aromatic carbocycles. The molecular weight excluding hydrogens is 717 g/mol. The second kappa shape index (κ2) is 17.8. The monoisotopic (exact) mass is 764 g/mol. The molecule has 0 saturated carbocycles. The smallest absolute Gasteiger partial charge is 0.119 e. The van der Waals surface area contributed by atoms with Gasteiger partial charge in [-0.25, -0.2) is 0 Å². The third-order valence-electron chi connectivity index (χ3n) is 10.7. The van der Waals surface area contributed by atoms with E-state index in [9.17, 15) is 0 Å². The molecule has 0 N–H and O–H groups in total. The summed E-state index contributed by atoms with van der Waals surface area (Å²) < 4.78 is 5.56. The first-order valence-electron chi connectivity index (χ1n) is 20.1. The van der Waals surface area contributed by atoms with E-state index in [4.69, 9.17) is 4.74 Å². The zero-order chi connectivity index (χ0) is 40.6. The van der Waals surface area contributed by atoms with Crippen LogP contribution < -0.4 is 14.5 Å². The fourth-order valence-corrected chi connectivity index (χ4v) is 7.50. The molecule has 3 heteroatoms. The van der Waals surface area contributed by atoms with Crippen molar-refractivity contribution in [3.05, 3.63) is 233 Å². The number of anilines is 6. The minimum absolute atomic E-state index is 0.843. The molecule has 0 aliphatic rings. The van der Waals surface area contributed by atoms with Crippen molar-refractivity contribution in [2.45, 2.75) is 20.8 Å². The maximum absolute atomic E-state index is 5.56. The molecule has 0 amide bonds. The summed E-state index contributed by atoms with van der Waals surface area (Å²) in [5.74, 6) is 0.843. The van der Waals surface area contributed by atoms with Gasteiger partial charge in [-0.05, 0) is 138 Å². The summed E-state index contributed by atoms with van der Waals surface area (Å²) in [6, 6.07) is 69.1. The quantitative estimate of drug-likeness (QED) is 0.115. The standard InChI is InChI=1S/C56H48N2O/c1-41-15-37-55(42(2)39-41)57(50-28-20-46(21-29-50)18-16-44-11-7-5-8-12-44)52-32-24-48(25-33-52)49-26-34-53(35-27-49)58(56-38-36-54(59-4)40-43(56)3)51-30-22-47(23-31-51)19-17-45-13-9-6-10-14-45/h5-40H,1-4H3/b18-16+,19-17+. The minimum atomic E-state index is 0.843. The molecule has 0 atom stereocenters. The van der Waals surface area contributed by atoms with E-state index < -0.39 is 0 Å². The van der Waals surface area contributed by atoms with Crippen LogP contribution in [0, 0.1) is 20.8 Å². The number of rotatable bonds is 12. The lowest BCUT2D eigenvalue weighted by atomic mass is 10.0. The van der Waals surface area contributed by atoms with Crippen molar-refractivity contribution in [3.8, 4) is 16.9 Å². The van der Waals surface area contributed by atoms with Crippen LogP contribution in [0.4, 0.5) is 34.1 Å². The number of aryl methyl sites for hydroxylation is 3. The van der Waals surface area contributed by atoms with Crippen LogP contribution in [0.15, 0.2) is 194 Å². The van der Waals surface area contributed by atoms with Gasteiger partial charge in [-0.2, -0.15) is 0 Å². The van der Waals surface area contributed by atoms with Crippen molar-refractivity contribution < 1.29 is 4.74 Å². The Morgan fingerprint density at radius 1 is 0.356 bits per heavy atom. The van der Waals surface area contributed by atoms with Crippen molar-refractivity contribution in [2.24, 2.45) is 0 Å². The number of ether oxygens (including phenoxy) is 1. The normalized spacial score (nSPS) is 11.3.